The minimum atomic E-state index is -3.52. The molecule has 0 spiro atoms. The number of fused-ring (bicyclic) bond motifs is 1. The summed E-state index contributed by atoms with van der Waals surface area (Å²) in [6, 6.07) is 16.8. The number of rotatable bonds is 6. The molecule has 4 aromatic rings. The van der Waals surface area contributed by atoms with Crippen molar-refractivity contribution >= 4 is 46.4 Å². The van der Waals surface area contributed by atoms with E-state index in [-0.39, 0.29) is 5.92 Å². The maximum absolute atomic E-state index is 13.3. The van der Waals surface area contributed by atoms with Crippen molar-refractivity contribution in [3.63, 3.8) is 0 Å². The Labute approximate surface area is 211 Å². The molecule has 1 N–H and O–H groups in total. The van der Waals surface area contributed by atoms with Gasteiger partial charge in [-0.3, -0.25) is 0 Å². The summed E-state index contributed by atoms with van der Waals surface area (Å²) in [4.78, 5) is 5.19. The topological polar surface area (TPSA) is 79.6 Å². The predicted molar refractivity (Wildman–Crippen MR) is 143 cm³/mol. The van der Waals surface area contributed by atoms with Crippen LogP contribution in [0.25, 0.3) is 16.9 Å². The standard InChI is InChI=1S/C25H27BClN5O2S/c1-17-7-2-5-11-23(17)35(33,34)31-12-6-8-18(16-31)14-28-24-13-22(19-9-3-4-10-21(19)27)30-25-20(26)15-29-32(24)25/h2-5,7,9-11,13,15,18,28H,6,8,12,14,16,26H2,1H3. The van der Waals surface area contributed by atoms with E-state index >= 15 is 0 Å². The average molecular weight is 508 g/mol. The minimum absolute atomic E-state index is 0.172. The van der Waals surface area contributed by atoms with Crippen LogP contribution in [0.4, 0.5) is 5.82 Å². The Morgan fingerprint density at radius 2 is 1.94 bits per heavy atom. The molecule has 180 valence electrons. The van der Waals surface area contributed by atoms with Gasteiger partial charge in [-0.05, 0) is 48.8 Å². The summed E-state index contributed by atoms with van der Waals surface area (Å²) in [6.07, 6.45) is 3.58. The molecule has 1 unspecified atom stereocenters. The van der Waals surface area contributed by atoms with Crippen LogP contribution in [0, 0.1) is 12.8 Å². The molecule has 0 bridgehead atoms. The molecule has 10 heteroatoms. The summed E-state index contributed by atoms with van der Waals surface area (Å²) < 4.78 is 30.0. The van der Waals surface area contributed by atoms with Crippen molar-refractivity contribution in [1.29, 1.82) is 0 Å². The second-order valence-electron chi connectivity index (χ2n) is 9.09. The Morgan fingerprint density at radius 1 is 1.17 bits per heavy atom. The van der Waals surface area contributed by atoms with E-state index in [1.54, 1.807) is 27.2 Å². The molecule has 1 atom stereocenters. The smallest absolute Gasteiger partial charge is 0.243 e. The Morgan fingerprint density at radius 3 is 2.74 bits per heavy atom. The lowest BCUT2D eigenvalue weighted by atomic mass is 9.99. The van der Waals surface area contributed by atoms with Crippen molar-refractivity contribution in [2.45, 2.75) is 24.7 Å². The molecule has 3 heterocycles. The first-order chi connectivity index (χ1) is 16.8. The van der Waals surface area contributed by atoms with Gasteiger partial charge in [0.1, 0.15) is 13.7 Å². The van der Waals surface area contributed by atoms with Gasteiger partial charge in [0, 0.05) is 42.5 Å². The summed E-state index contributed by atoms with van der Waals surface area (Å²) in [5.41, 5.74) is 4.12. The Kier molecular flexibility index (Phi) is 6.57. The molecule has 1 saturated heterocycles. The third-order valence-corrected chi connectivity index (χ3v) is 8.92. The molecule has 0 aliphatic carbocycles. The van der Waals surface area contributed by atoms with Crippen molar-refractivity contribution in [3.8, 4) is 11.3 Å². The maximum Gasteiger partial charge on any atom is 0.243 e. The SMILES string of the molecule is Bc1cnn2c(NCC3CCCN(S(=O)(=O)c4ccccc4C)C3)cc(-c3ccccc3Cl)nc12. The number of aromatic nitrogens is 3. The van der Waals surface area contributed by atoms with E-state index in [0.717, 1.165) is 46.6 Å². The highest BCUT2D eigenvalue weighted by molar-refractivity contribution is 7.89. The lowest BCUT2D eigenvalue weighted by Crippen LogP contribution is -2.42. The first-order valence-electron chi connectivity index (χ1n) is 11.7. The van der Waals surface area contributed by atoms with Gasteiger partial charge in [-0.1, -0.05) is 48.0 Å². The zero-order chi connectivity index (χ0) is 24.6. The number of benzene rings is 2. The first-order valence-corrected chi connectivity index (χ1v) is 13.6. The second-order valence-corrected chi connectivity index (χ2v) is 11.4. The quantitative estimate of drug-likeness (QED) is 0.406. The van der Waals surface area contributed by atoms with E-state index in [9.17, 15) is 8.42 Å². The van der Waals surface area contributed by atoms with Crippen LogP contribution in [0.3, 0.4) is 0 Å². The van der Waals surface area contributed by atoms with Gasteiger partial charge in [-0.2, -0.15) is 13.9 Å². The molecule has 5 rings (SSSR count). The largest absolute Gasteiger partial charge is 0.370 e. The van der Waals surface area contributed by atoms with Crippen molar-refractivity contribution < 1.29 is 8.42 Å². The molecule has 7 nitrogen and oxygen atoms in total. The molecule has 1 aliphatic heterocycles. The Bertz CT molecular complexity index is 1490. The van der Waals surface area contributed by atoms with Crippen LogP contribution >= 0.6 is 11.6 Å². The zero-order valence-electron chi connectivity index (χ0n) is 19.8. The molecule has 35 heavy (non-hydrogen) atoms. The summed E-state index contributed by atoms with van der Waals surface area (Å²) in [7, 11) is -1.55. The average Bonchev–Trinajstić information content (AvgIpc) is 3.24. The maximum atomic E-state index is 13.3. The number of anilines is 1. The van der Waals surface area contributed by atoms with E-state index in [1.807, 2.05) is 57.2 Å². The second kappa shape index (κ2) is 9.64. The number of nitrogens with one attached hydrogen (secondary N) is 1. The monoisotopic (exact) mass is 507 g/mol. The van der Waals surface area contributed by atoms with Crippen LogP contribution in [0.2, 0.25) is 5.02 Å². The number of hydrogen-bond donors (Lipinski definition) is 1. The summed E-state index contributed by atoms with van der Waals surface area (Å²) in [5.74, 6) is 0.975. The summed E-state index contributed by atoms with van der Waals surface area (Å²) >= 11 is 6.45. The normalized spacial score (nSPS) is 17.0. The van der Waals surface area contributed by atoms with Crippen LogP contribution in [-0.4, -0.2) is 54.8 Å². The molecule has 0 radical (unpaired) electrons. The molecule has 0 amide bonds. The van der Waals surface area contributed by atoms with Gasteiger partial charge < -0.3 is 5.32 Å². The highest BCUT2D eigenvalue weighted by Crippen LogP contribution is 2.29. The van der Waals surface area contributed by atoms with Crippen molar-refractivity contribution in [2.75, 3.05) is 25.0 Å². The fourth-order valence-corrected chi connectivity index (χ4v) is 6.66. The fourth-order valence-electron chi connectivity index (χ4n) is 4.65. The zero-order valence-corrected chi connectivity index (χ0v) is 21.4. The lowest BCUT2D eigenvalue weighted by molar-refractivity contribution is 0.275. The van der Waals surface area contributed by atoms with Crippen molar-refractivity contribution in [2.24, 2.45) is 5.92 Å². The Balaban J connectivity index is 1.39. The van der Waals surface area contributed by atoms with Gasteiger partial charge in [-0.15, -0.1) is 0 Å². The highest BCUT2D eigenvalue weighted by Gasteiger charge is 2.31. The van der Waals surface area contributed by atoms with Gasteiger partial charge in [-0.25, -0.2) is 13.4 Å². The molecule has 1 fully saturated rings. The molecule has 2 aromatic carbocycles. The molecular formula is C25H27BClN5O2S. The van der Waals surface area contributed by atoms with Gasteiger partial charge in [0.25, 0.3) is 0 Å². The van der Waals surface area contributed by atoms with E-state index < -0.39 is 10.0 Å². The number of sulfonamides is 1. The van der Waals surface area contributed by atoms with E-state index in [4.69, 9.17) is 16.6 Å². The number of halogens is 1. The van der Waals surface area contributed by atoms with Crippen molar-refractivity contribution in [3.05, 3.63) is 71.4 Å². The number of hydrogen-bond acceptors (Lipinski definition) is 5. The van der Waals surface area contributed by atoms with Gasteiger partial charge >= 0.3 is 0 Å². The predicted octanol–water partition coefficient (Wildman–Crippen LogP) is 3.13. The van der Waals surface area contributed by atoms with Crippen LogP contribution < -0.4 is 10.8 Å². The summed E-state index contributed by atoms with van der Waals surface area (Å²) in [6.45, 7) is 3.49. The number of piperidine rings is 1. The fraction of sp³-hybridized carbons (Fsp3) is 0.280. The van der Waals surface area contributed by atoms with Gasteiger partial charge in [0.05, 0.1) is 10.6 Å². The van der Waals surface area contributed by atoms with Crippen LogP contribution in [-0.2, 0) is 10.0 Å². The van der Waals surface area contributed by atoms with E-state index in [1.165, 1.54) is 0 Å². The number of aryl methyl sites for hydroxylation is 1. The molecule has 2 aromatic heterocycles. The third kappa shape index (κ3) is 4.68. The van der Waals surface area contributed by atoms with Crippen LogP contribution in [0.5, 0.6) is 0 Å². The van der Waals surface area contributed by atoms with Crippen LogP contribution in [0.1, 0.15) is 18.4 Å². The van der Waals surface area contributed by atoms with E-state index in [0.29, 0.717) is 29.6 Å². The molecule has 1 aliphatic rings. The minimum Gasteiger partial charge on any atom is -0.370 e. The lowest BCUT2D eigenvalue weighted by Gasteiger charge is -2.32. The van der Waals surface area contributed by atoms with Gasteiger partial charge in [0.15, 0.2) is 5.65 Å². The molecular weight excluding hydrogens is 481 g/mol. The van der Waals surface area contributed by atoms with Crippen LogP contribution in [0.15, 0.2) is 65.7 Å². The number of nitrogens with zero attached hydrogens (tertiary/aromatic N) is 4. The Hall–Kier alpha value is -2.88. The summed E-state index contributed by atoms with van der Waals surface area (Å²) in [5, 5.41) is 8.65. The van der Waals surface area contributed by atoms with E-state index in [2.05, 4.69) is 10.4 Å². The first kappa shape index (κ1) is 23.8. The van der Waals surface area contributed by atoms with Crippen molar-refractivity contribution in [1.82, 2.24) is 18.9 Å². The van der Waals surface area contributed by atoms with Gasteiger partial charge in [0.2, 0.25) is 10.0 Å². The molecule has 0 saturated carbocycles. The third-order valence-electron chi connectivity index (χ3n) is 6.56. The highest BCUT2D eigenvalue weighted by atomic mass is 35.5.